The molecule has 9 nitrogen and oxygen atoms in total. The quantitative estimate of drug-likeness (QED) is 0.420. The number of benzene rings is 1. The van der Waals surface area contributed by atoms with E-state index < -0.39 is 0 Å². The molecular formula is C26H31N9. The third kappa shape index (κ3) is 5.38. The molecule has 35 heavy (non-hydrogen) atoms. The van der Waals surface area contributed by atoms with Crippen LogP contribution < -0.4 is 0 Å². The lowest BCUT2D eigenvalue weighted by molar-refractivity contribution is 0.221. The van der Waals surface area contributed by atoms with Gasteiger partial charge < -0.3 is 4.57 Å². The summed E-state index contributed by atoms with van der Waals surface area (Å²) >= 11 is 0. The van der Waals surface area contributed by atoms with Crippen LogP contribution in [0.5, 0.6) is 0 Å². The van der Waals surface area contributed by atoms with Crippen molar-refractivity contribution in [2.75, 3.05) is 13.1 Å². The minimum atomic E-state index is 0.0232. The minimum Gasteiger partial charge on any atom is -0.327 e. The summed E-state index contributed by atoms with van der Waals surface area (Å²) in [5, 5.41) is 23.4. The van der Waals surface area contributed by atoms with Crippen LogP contribution in [-0.2, 0) is 19.6 Å². The maximum Gasteiger partial charge on any atom is 0.234 e. The number of piperidine rings is 1. The molecule has 4 heterocycles. The predicted molar refractivity (Wildman–Crippen MR) is 133 cm³/mol. The van der Waals surface area contributed by atoms with E-state index in [0.717, 1.165) is 35.4 Å². The molecule has 0 amide bonds. The topological polar surface area (TPSA) is 101 Å². The van der Waals surface area contributed by atoms with Gasteiger partial charge in [0, 0.05) is 35.9 Å². The highest BCUT2D eigenvalue weighted by Gasteiger charge is 2.19. The molecule has 0 saturated carbocycles. The van der Waals surface area contributed by atoms with E-state index in [1.165, 1.54) is 37.9 Å². The molecule has 0 atom stereocenters. The van der Waals surface area contributed by atoms with Gasteiger partial charge in [0.05, 0.1) is 0 Å². The molecule has 0 spiro atoms. The monoisotopic (exact) mass is 469 g/mol. The third-order valence-electron chi connectivity index (χ3n) is 6.28. The van der Waals surface area contributed by atoms with E-state index in [2.05, 4.69) is 79.9 Å². The predicted octanol–water partition coefficient (Wildman–Crippen LogP) is 4.04. The number of hydrogen-bond donors (Lipinski definition) is 0. The second-order valence-corrected chi connectivity index (χ2v) is 10.5. The summed E-state index contributed by atoms with van der Waals surface area (Å²) in [6, 6.07) is 12.6. The number of hydrogen-bond acceptors (Lipinski definition) is 7. The molecule has 1 fully saturated rings. The first-order valence-electron chi connectivity index (χ1n) is 12.2. The number of nitrogens with zero attached hydrogens (tertiary/aromatic N) is 9. The zero-order chi connectivity index (χ0) is 24.4. The standard InChI is InChI=1S/C26H31N9/c1-26(2,3)18-34-22(13-21-15-28-23(14-27)29-25(21)34)17-35-31-24(30-32-35)20-9-7-19(8-10-20)16-33-11-5-4-6-12-33/h7-10,13,15H,4-6,11-12,16-18H2,1-3H3. The molecule has 5 rings (SSSR count). The summed E-state index contributed by atoms with van der Waals surface area (Å²) < 4.78 is 2.14. The number of rotatable bonds is 6. The number of tetrazole rings is 1. The Balaban J connectivity index is 1.36. The van der Waals surface area contributed by atoms with Crippen molar-refractivity contribution < 1.29 is 0 Å². The smallest absolute Gasteiger partial charge is 0.234 e. The van der Waals surface area contributed by atoms with Crippen LogP contribution in [0, 0.1) is 16.7 Å². The molecule has 0 radical (unpaired) electrons. The fraction of sp³-hybridized carbons (Fsp3) is 0.462. The van der Waals surface area contributed by atoms with Crippen molar-refractivity contribution in [1.82, 2.24) is 39.6 Å². The Morgan fingerprint density at radius 1 is 1.03 bits per heavy atom. The normalized spacial score (nSPS) is 14.9. The highest BCUT2D eigenvalue weighted by Crippen LogP contribution is 2.25. The van der Waals surface area contributed by atoms with Crippen LogP contribution in [0.3, 0.4) is 0 Å². The lowest BCUT2D eigenvalue weighted by Crippen LogP contribution is -2.28. The van der Waals surface area contributed by atoms with Gasteiger partial charge in [-0.25, -0.2) is 9.97 Å². The molecule has 0 aliphatic carbocycles. The number of likely N-dealkylation sites (tertiary alicyclic amines) is 1. The van der Waals surface area contributed by atoms with Gasteiger partial charge in [-0.3, -0.25) is 4.90 Å². The van der Waals surface area contributed by atoms with Crippen LogP contribution in [-0.4, -0.2) is 52.7 Å². The second-order valence-electron chi connectivity index (χ2n) is 10.5. The van der Waals surface area contributed by atoms with Gasteiger partial charge in [-0.1, -0.05) is 51.5 Å². The Hall–Kier alpha value is -3.64. The summed E-state index contributed by atoms with van der Waals surface area (Å²) in [6.07, 6.45) is 5.65. The van der Waals surface area contributed by atoms with Crippen LogP contribution in [0.4, 0.5) is 0 Å². The zero-order valence-corrected chi connectivity index (χ0v) is 20.6. The van der Waals surface area contributed by atoms with E-state index in [-0.39, 0.29) is 11.2 Å². The fourth-order valence-corrected chi connectivity index (χ4v) is 4.63. The largest absolute Gasteiger partial charge is 0.327 e. The van der Waals surface area contributed by atoms with Crippen LogP contribution >= 0.6 is 0 Å². The van der Waals surface area contributed by atoms with Gasteiger partial charge in [0.1, 0.15) is 18.3 Å². The van der Waals surface area contributed by atoms with Crippen LogP contribution in [0.15, 0.2) is 36.5 Å². The molecule has 1 saturated heterocycles. The van der Waals surface area contributed by atoms with Crippen molar-refractivity contribution in [3.63, 3.8) is 0 Å². The van der Waals surface area contributed by atoms with E-state index in [9.17, 15) is 5.26 Å². The maximum atomic E-state index is 9.25. The van der Waals surface area contributed by atoms with Gasteiger partial charge in [0.15, 0.2) is 0 Å². The third-order valence-corrected chi connectivity index (χ3v) is 6.28. The maximum absolute atomic E-state index is 9.25. The van der Waals surface area contributed by atoms with Gasteiger partial charge in [-0.05, 0) is 48.2 Å². The fourth-order valence-electron chi connectivity index (χ4n) is 4.63. The average Bonchev–Trinajstić information content (AvgIpc) is 3.44. The molecule has 0 bridgehead atoms. The van der Waals surface area contributed by atoms with Gasteiger partial charge in [-0.2, -0.15) is 10.1 Å². The van der Waals surface area contributed by atoms with Gasteiger partial charge in [-0.15, -0.1) is 10.2 Å². The summed E-state index contributed by atoms with van der Waals surface area (Å²) in [7, 11) is 0. The first-order valence-corrected chi connectivity index (χ1v) is 12.2. The first kappa shape index (κ1) is 23.1. The second kappa shape index (κ2) is 9.55. The molecule has 3 aromatic heterocycles. The van der Waals surface area contributed by atoms with Crippen LogP contribution in [0.25, 0.3) is 22.4 Å². The molecule has 1 aliphatic heterocycles. The van der Waals surface area contributed by atoms with Crippen LogP contribution in [0.2, 0.25) is 0 Å². The Labute approximate surface area is 205 Å². The lowest BCUT2D eigenvalue weighted by atomic mass is 9.97. The summed E-state index contributed by atoms with van der Waals surface area (Å²) in [5.74, 6) is 0.779. The van der Waals surface area contributed by atoms with Crippen molar-refractivity contribution in [1.29, 1.82) is 5.26 Å². The molecule has 1 aromatic carbocycles. The Kier molecular flexibility index (Phi) is 6.31. The summed E-state index contributed by atoms with van der Waals surface area (Å²) in [4.78, 5) is 12.7. The van der Waals surface area contributed by atoms with Gasteiger partial charge >= 0.3 is 0 Å². The molecule has 0 unspecified atom stereocenters. The highest BCUT2D eigenvalue weighted by atomic mass is 15.6. The van der Waals surface area contributed by atoms with E-state index in [1.807, 2.05) is 12.1 Å². The van der Waals surface area contributed by atoms with Crippen molar-refractivity contribution in [2.45, 2.75) is 59.7 Å². The molecular weight excluding hydrogens is 438 g/mol. The van der Waals surface area contributed by atoms with E-state index in [0.29, 0.717) is 12.4 Å². The van der Waals surface area contributed by atoms with Gasteiger partial charge in [0.25, 0.3) is 0 Å². The number of aromatic nitrogens is 7. The van der Waals surface area contributed by atoms with Crippen molar-refractivity contribution >= 4 is 11.0 Å². The molecule has 0 N–H and O–H groups in total. The average molecular weight is 470 g/mol. The van der Waals surface area contributed by atoms with Crippen molar-refractivity contribution in [2.24, 2.45) is 5.41 Å². The van der Waals surface area contributed by atoms with Crippen molar-refractivity contribution in [3.05, 3.63) is 53.6 Å². The van der Waals surface area contributed by atoms with E-state index in [4.69, 9.17) is 0 Å². The number of fused-ring (bicyclic) bond motifs is 1. The molecule has 1 aliphatic rings. The van der Waals surface area contributed by atoms with E-state index >= 15 is 0 Å². The molecule has 9 heteroatoms. The number of nitriles is 1. The molecule has 4 aromatic rings. The summed E-state index contributed by atoms with van der Waals surface area (Å²) in [6.45, 7) is 11.1. The van der Waals surface area contributed by atoms with Gasteiger partial charge in [0.2, 0.25) is 11.6 Å². The Morgan fingerprint density at radius 3 is 2.51 bits per heavy atom. The summed E-state index contributed by atoms with van der Waals surface area (Å²) in [5.41, 5.74) is 4.05. The SMILES string of the molecule is CC(C)(C)Cn1c(Cn2nnc(-c3ccc(CN4CCCCC4)cc3)n2)cc2cnc(C#N)nc21. The Bertz CT molecular complexity index is 1350. The highest BCUT2D eigenvalue weighted by molar-refractivity contribution is 5.77. The molecule has 180 valence electrons. The lowest BCUT2D eigenvalue weighted by Gasteiger charge is -2.26. The zero-order valence-electron chi connectivity index (χ0n) is 20.6. The minimum absolute atomic E-state index is 0.0232. The van der Waals surface area contributed by atoms with Crippen LogP contribution in [0.1, 0.15) is 57.1 Å². The van der Waals surface area contributed by atoms with Crippen molar-refractivity contribution in [3.8, 4) is 17.5 Å². The first-order chi connectivity index (χ1) is 16.9. The Morgan fingerprint density at radius 2 is 1.80 bits per heavy atom. The van der Waals surface area contributed by atoms with E-state index in [1.54, 1.807) is 11.0 Å².